The summed E-state index contributed by atoms with van der Waals surface area (Å²) in [5, 5.41) is 4.20. The fourth-order valence-electron chi connectivity index (χ4n) is 3.19. The van der Waals surface area contributed by atoms with Gasteiger partial charge in [-0.3, -0.25) is 9.59 Å². The Morgan fingerprint density at radius 1 is 1.15 bits per heavy atom. The first kappa shape index (κ1) is 20.8. The molecule has 2 aromatic rings. The van der Waals surface area contributed by atoms with Crippen molar-refractivity contribution in [1.29, 1.82) is 0 Å². The molecule has 0 spiro atoms. The highest BCUT2D eigenvalue weighted by atomic mass is 32.2. The summed E-state index contributed by atoms with van der Waals surface area (Å²) in [4.78, 5) is 25.2. The van der Waals surface area contributed by atoms with Gasteiger partial charge in [0.2, 0.25) is 11.7 Å². The van der Waals surface area contributed by atoms with Crippen molar-refractivity contribution in [2.45, 2.75) is 45.9 Å². The van der Waals surface area contributed by atoms with Crippen LogP contribution in [0, 0.1) is 27.7 Å². The zero-order valence-electron chi connectivity index (χ0n) is 16.6. The molecular formula is C19H24N2O5S. The highest BCUT2D eigenvalue weighted by Gasteiger charge is 2.28. The molecule has 0 N–H and O–H groups in total. The van der Waals surface area contributed by atoms with Gasteiger partial charge in [0.25, 0.3) is 0 Å². The molecule has 1 heterocycles. The molecule has 0 aliphatic rings. The number of ketones is 1. The predicted molar refractivity (Wildman–Crippen MR) is 101 cm³/mol. The Labute approximate surface area is 159 Å². The molecule has 0 atom stereocenters. The molecule has 0 saturated heterocycles. The van der Waals surface area contributed by atoms with Crippen molar-refractivity contribution < 1.29 is 22.7 Å². The molecule has 0 saturated carbocycles. The zero-order valence-corrected chi connectivity index (χ0v) is 17.4. The molecule has 27 heavy (non-hydrogen) atoms. The smallest absolute Gasteiger partial charge is 0.312 e. The van der Waals surface area contributed by atoms with E-state index in [0.29, 0.717) is 27.9 Å². The van der Waals surface area contributed by atoms with Gasteiger partial charge in [-0.05, 0) is 50.5 Å². The van der Waals surface area contributed by atoms with Gasteiger partial charge in [-0.2, -0.15) is 5.10 Å². The number of esters is 1. The number of aryl methyl sites for hydroxylation is 3. The predicted octanol–water partition coefficient (Wildman–Crippen LogP) is 2.60. The maximum atomic E-state index is 13.3. The Kier molecular flexibility index (Phi) is 5.60. The average molecular weight is 392 g/mol. The van der Waals surface area contributed by atoms with E-state index in [0.717, 1.165) is 6.26 Å². The molecule has 1 aromatic heterocycles. The van der Waals surface area contributed by atoms with Gasteiger partial charge in [0.15, 0.2) is 9.84 Å². The maximum Gasteiger partial charge on any atom is 0.312 e. The summed E-state index contributed by atoms with van der Waals surface area (Å²) in [6.07, 6.45) is 1.31. The Hall–Kier alpha value is -2.48. The van der Waals surface area contributed by atoms with Crippen molar-refractivity contribution in [3.05, 3.63) is 39.6 Å². The third-order valence-corrected chi connectivity index (χ3v) is 5.91. The summed E-state index contributed by atoms with van der Waals surface area (Å²) in [6.45, 7) is 8.38. The van der Waals surface area contributed by atoms with Crippen molar-refractivity contribution >= 4 is 21.6 Å². The second-order valence-corrected chi connectivity index (χ2v) is 8.59. The van der Waals surface area contributed by atoms with Crippen molar-refractivity contribution in [3.63, 3.8) is 0 Å². The van der Waals surface area contributed by atoms with E-state index in [1.807, 2.05) is 0 Å². The fourth-order valence-corrected chi connectivity index (χ4v) is 4.55. The lowest BCUT2D eigenvalue weighted by Crippen LogP contribution is -2.14. The van der Waals surface area contributed by atoms with Crippen LogP contribution in [-0.2, 0) is 21.7 Å². The summed E-state index contributed by atoms with van der Waals surface area (Å²) in [5.41, 5.74) is 2.60. The number of sulfone groups is 1. The third-order valence-electron chi connectivity index (χ3n) is 4.54. The summed E-state index contributed by atoms with van der Waals surface area (Å²) in [6, 6.07) is 1.57. The van der Waals surface area contributed by atoms with E-state index in [-0.39, 0.29) is 28.5 Å². The minimum Gasteiger partial charge on any atom is -0.407 e. The van der Waals surface area contributed by atoms with E-state index in [9.17, 15) is 18.0 Å². The molecule has 0 aliphatic heterocycles. The van der Waals surface area contributed by atoms with Crippen LogP contribution in [0.15, 0.2) is 11.0 Å². The van der Waals surface area contributed by atoms with Gasteiger partial charge in [-0.15, -0.1) is 0 Å². The third kappa shape index (κ3) is 3.80. The quantitative estimate of drug-likeness (QED) is 0.573. The standard InChI is InChI=1S/C19H24N2O5S/c1-8-15(22)26-19-16(13(5)20-21(19)6)17(23)14-9-10(2)18(27(7,24)25)12(4)11(14)3/h9H,8H2,1-7H3. The molecule has 146 valence electrons. The molecule has 0 amide bonds. The van der Waals surface area contributed by atoms with Crippen LogP contribution in [0.1, 0.15) is 51.7 Å². The fraction of sp³-hybridized carbons (Fsp3) is 0.421. The van der Waals surface area contributed by atoms with Crippen molar-refractivity contribution in [2.75, 3.05) is 6.26 Å². The van der Waals surface area contributed by atoms with Crippen molar-refractivity contribution in [3.8, 4) is 5.88 Å². The molecule has 0 aliphatic carbocycles. The molecule has 0 bridgehead atoms. The lowest BCUT2D eigenvalue weighted by Gasteiger charge is -2.15. The number of carbonyl (C=O) groups is 2. The largest absolute Gasteiger partial charge is 0.407 e. The van der Waals surface area contributed by atoms with Crippen LogP contribution >= 0.6 is 0 Å². The molecule has 1 aromatic carbocycles. The number of hydrogen-bond acceptors (Lipinski definition) is 6. The van der Waals surface area contributed by atoms with E-state index in [2.05, 4.69) is 5.10 Å². The number of benzene rings is 1. The average Bonchev–Trinajstić information content (AvgIpc) is 2.82. The monoisotopic (exact) mass is 392 g/mol. The highest BCUT2D eigenvalue weighted by molar-refractivity contribution is 7.90. The van der Waals surface area contributed by atoms with E-state index < -0.39 is 15.8 Å². The van der Waals surface area contributed by atoms with Gasteiger partial charge in [-0.25, -0.2) is 13.1 Å². The van der Waals surface area contributed by atoms with E-state index in [4.69, 9.17) is 4.74 Å². The summed E-state index contributed by atoms with van der Waals surface area (Å²) >= 11 is 0. The molecular weight excluding hydrogens is 368 g/mol. The van der Waals surface area contributed by atoms with Crippen LogP contribution in [-0.4, -0.2) is 36.2 Å². The number of ether oxygens (including phenoxy) is 1. The van der Waals surface area contributed by atoms with Gasteiger partial charge in [0.1, 0.15) is 5.56 Å². The van der Waals surface area contributed by atoms with Gasteiger partial charge < -0.3 is 4.74 Å². The van der Waals surface area contributed by atoms with Crippen LogP contribution < -0.4 is 4.74 Å². The number of aromatic nitrogens is 2. The van der Waals surface area contributed by atoms with Crippen LogP contribution in [0.4, 0.5) is 0 Å². The van der Waals surface area contributed by atoms with Gasteiger partial charge in [0, 0.05) is 25.3 Å². The Morgan fingerprint density at radius 3 is 2.26 bits per heavy atom. The van der Waals surface area contributed by atoms with Crippen LogP contribution in [0.2, 0.25) is 0 Å². The first-order chi connectivity index (χ1) is 12.4. The number of nitrogens with zero attached hydrogens (tertiary/aromatic N) is 2. The van der Waals surface area contributed by atoms with Crippen LogP contribution in [0.5, 0.6) is 5.88 Å². The summed E-state index contributed by atoms with van der Waals surface area (Å²) in [5.74, 6) is -0.738. The van der Waals surface area contributed by atoms with Gasteiger partial charge in [0.05, 0.1) is 10.6 Å². The second kappa shape index (κ2) is 7.26. The normalized spacial score (nSPS) is 11.5. The van der Waals surface area contributed by atoms with Crippen molar-refractivity contribution in [2.24, 2.45) is 7.05 Å². The molecule has 8 heteroatoms. The first-order valence-corrected chi connectivity index (χ1v) is 10.4. The lowest BCUT2D eigenvalue weighted by molar-refractivity contribution is -0.134. The first-order valence-electron chi connectivity index (χ1n) is 8.49. The molecule has 0 radical (unpaired) electrons. The van der Waals surface area contributed by atoms with E-state index in [1.165, 1.54) is 4.68 Å². The Bertz CT molecular complexity index is 1050. The molecule has 2 rings (SSSR count). The lowest BCUT2D eigenvalue weighted by atomic mass is 9.94. The van der Waals surface area contributed by atoms with Crippen LogP contribution in [0.3, 0.4) is 0 Å². The highest BCUT2D eigenvalue weighted by Crippen LogP contribution is 2.31. The maximum absolute atomic E-state index is 13.3. The molecule has 0 fully saturated rings. The Balaban J connectivity index is 2.69. The minimum absolute atomic E-state index is 0.0891. The molecule has 7 nitrogen and oxygen atoms in total. The second-order valence-electron chi connectivity index (χ2n) is 6.64. The van der Waals surface area contributed by atoms with Gasteiger partial charge in [-0.1, -0.05) is 6.92 Å². The van der Waals surface area contributed by atoms with E-state index in [1.54, 1.807) is 47.7 Å². The number of rotatable bonds is 5. The summed E-state index contributed by atoms with van der Waals surface area (Å²) in [7, 11) is -1.83. The Morgan fingerprint density at radius 2 is 1.74 bits per heavy atom. The zero-order chi connectivity index (χ0) is 20.7. The minimum atomic E-state index is -3.42. The SMILES string of the molecule is CCC(=O)Oc1c(C(=O)c2cc(C)c(S(C)(=O)=O)c(C)c2C)c(C)nn1C. The van der Waals surface area contributed by atoms with Crippen molar-refractivity contribution in [1.82, 2.24) is 9.78 Å². The summed E-state index contributed by atoms with van der Waals surface area (Å²) < 4.78 is 30.8. The van der Waals surface area contributed by atoms with E-state index >= 15 is 0 Å². The van der Waals surface area contributed by atoms with Crippen LogP contribution in [0.25, 0.3) is 0 Å². The topological polar surface area (TPSA) is 95.3 Å². The number of carbonyl (C=O) groups excluding carboxylic acids is 2. The number of hydrogen-bond donors (Lipinski definition) is 0. The van der Waals surface area contributed by atoms with Gasteiger partial charge >= 0.3 is 5.97 Å². The molecule has 0 unspecified atom stereocenters.